The van der Waals surface area contributed by atoms with E-state index in [4.69, 9.17) is 9.47 Å². The van der Waals surface area contributed by atoms with Crippen LogP contribution in [0.15, 0.2) is 4.99 Å². The summed E-state index contributed by atoms with van der Waals surface area (Å²) in [5.41, 5.74) is 0. The maximum Gasteiger partial charge on any atom is 0.191 e. The van der Waals surface area contributed by atoms with Gasteiger partial charge in [0.2, 0.25) is 0 Å². The van der Waals surface area contributed by atoms with Crippen molar-refractivity contribution in [1.82, 2.24) is 15.5 Å². The van der Waals surface area contributed by atoms with E-state index in [1.807, 2.05) is 7.05 Å². The van der Waals surface area contributed by atoms with Crippen LogP contribution >= 0.6 is 24.0 Å². The average molecular weight is 496 g/mol. The second kappa shape index (κ2) is 14.0. The van der Waals surface area contributed by atoms with E-state index in [0.29, 0.717) is 18.2 Å². The van der Waals surface area contributed by atoms with Crippen molar-refractivity contribution in [1.29, 1.82) is 0 Å². The summed E-state index contributed by atoms with van der Waals surface area (Å²) >= 11 is 0. The van der Waals surface area contributed by atoms with Crippen molar-refractivity contribution in [2.24, 2.45) is 10.9 Å². The molecular weight excluding hydrogens is 455 g/mol. The maximum atomic E-state index is 6.01. The molecule has 1 saturated carbocycles. The molecule has 7 heteroatoms. The molecule has 2 aliphatic rings. The van der Waals surface area contributed by atoms with Crippen LogP contribution in [0.4, 0.5) is 0 Å². The first-order valence-corrected chi connectivity index (χ1v) is 10.5. The van der Waals surface area contributed by atoms with Crippen molar-refractivity contribution in [3.05, 3.63) is 0 Å². The van der Waals surface area contributed by atoms with Crippen LogP contribution < -0.4 is 10.6 Å². The van der Waals surface area contributed by atoms with Crippen LogP contribution in [0.1, 0.15) is 52.9 Å². The van der Waals surface area contributed by atoms with E-state index in [2.05, 4.69) is 41.3 Å². The minimum atomic E-state index is 0. The van der Waals surface area contributed by atoms with Gasteiger partial charge in [0.05, 0.1) is 19.3 Å². The van der Waals surface area contributed by atoms with Gasteiger partial charge < -0.3 is 20.1 Å². The summed E-state index contributed by atoms with van der Waals surface area (Å²) in [5.74, 6) is 1.63. The molecule has 6 nitrogen and oxygen atoms in total. The Kier molecular flexibility index (Phi) is 12.9. The molecule has 2 N–H and O–H groups in total. The molecule has 3 unspecified atom stereocenters. The topological polar surface area (TPSA) is 58.1 Å². The quantitative estimate of drug-likeness (QED) is 0.292. The molecule has 1 aliphatic carbocycles. The third kappa shape index (κ3) is 8.41. The second-order valence-electron chi connectivity index (χ2n) is 7.72. The number of nitrogens with zero attached hydrogens (tertiary/aromatic N) is 2. The first-order chi connectivity index (χ1) is 12.7. The van der Waals surface area contributed by atoms with Crippen LogP contribution in [0.5, 0.6) is 0 Å². The fraction of sp³-hybridized carbons (Fsp3) is 0.950. The molecule has 0 aromatic rings. The Morgan fingerprint density at radius 2 is 2.04 bits per heavy atom. The van der Waals surface area contributed by atoms with Gasteiger partial charge in [-0.2, -0.15) is 0 Å². The minimum Gasteiger partial charge on any atom is -0.379 e. The molecule has 0 bridgehead atoms. The van der Waals surface area contributed by atoms with Gasteiger partial charge in [0.25, 0.3) is 0 Å². The van der Waals surface area contributed by atoms with Gasteiger partial charge in [-0.05, 0) is 46.0 Å². The molecule has 0 aromatic carbocycles. The fourth-order valence-electron chi connectivity index (χ4n) is 4.31. The van der Waals surface area contributed by atoms with Gasteiger partial charge >= 0.3 is 0 Å². The van der Waals surface area contributed by atoms with Crippen LogP contribution in [0, 0.1) is 5.92 Å². The highest BCUT2D eigenvalue weighted by atomic mass is 127. The third-order valence-electron chi connectivity index (χ3n) is 5.80. The van der Waals surface area contributed by atoms with Gasteiger partial charge in [0.1, 0.15) is 0 Å². The molecule has 3 atom stereocenters. The Balaban J connectivity index is 0.00000364. The number of hydrogen-bond acceptors (Lipinski definition) is 4. The highest BCUT2D eigenvalue weighted by Crippen LogP contribution is 2.30. The smallest absolute Gasteiger partial charge is 0.191 e. The standard InChI is InChI=1S/C20H40N4O2.HI/c1-5-26-19(18-8-6-7-9-18)10-11-22-20(21-4)23-14-16(2)24-12-13-25-15-17(24)3;/h16-19H,5-15H2,1-4H3,(H2,21,22,23);1H. The summed E-state index contributed by atoms with van der Waals surface area (Å²) in [5, 5.41) is 6.94. The van der Waals surface area contributed by atoms with Gasteiger partial charge in [0, 0.05) is 45.4 Å². The Bertz CT molecular complexity index is 419. The van der Waals surface area contributed by atoms with Crippen LogP contribution in [0.25, 0.3) is 0 Å². The number of rotatable bonds is 9. The van der Waals surface area contributed by atoms with E-state index < -0.39 is 0 Å². The van der Waals surface area contributed by atoms with E-state index in [1.54, 1.807) is 0 Å². The Labute approximate surface area is 183 Å². The van der Waals surface area contributed by atoms with E-state index >= 15 is 0 Å². The number of halogens is 1. The summed E-state index contributed by atoms with van der Waals surface area (Å²) < 4.78 is 11.5. The van der Waals surface area contributed by atoms with E-state index in [-0.39, 0.29) is 24.0 Å². The Hall–Kier alpha value is -0.120. The molecule has 160 valence electrons. The maximum absolute atomic E-state index is 6.01. The molecule has 2 rings (SSSR count). The molecule has 27 heavy (non-hydrogen) atoms. The van der Waals surface area contributed by atoms with Gasteiger partial charge in [-0.3, -0.25) is 9.89 Å². The summed E-state index contributed by atoms with van der Waals surface area (Å²) in [6.07, 6.45) is 6.82. The lowest BCUT2D eigenvalue weighted by Crippen LogP contribution is -2.53. The normalized spacial score (nSPS) is 24.3. The molecule has 0 amide bonds. The number of guanidine groups is 1. The van der Waals surface area contributed by atoms with E-state index in [1.165, 1.54) is 25.7 Å². The molecular formula is C20H41IN4O2. The summed E-state index contributed by atoms with van der Waals surface area (Å²) in [7, 11) is 1.84. The Morgan fingerprint density at radius 1 is 1.30 bits per heavy atom. The van der Waals surface area contributed by atoms with Crippen molar-refractivity contribution in [2.75, 3.05) is 46.5 Å². The molecule has 1 aliphatic heterocycles. The number of morpholine rings is 1. The van der Waals surface area contributed by atoms with Gasteiger partial charge in [-0.1, -0.05) is 12.8 Å². The number of nitrogens with one attached hydrogen (secondary N) is 2. The zero-order valence-electron chi connectivity index (χ0n) is 17.7. The lowest BCUT2D eigenvalue weighted by atomic mass is 9.98. The molecule has 1 saturated heterocycles. The van der Waals surface area contributed by atoms with Gasteiger partial charge in [0.15, 0.2) is 5.96 Å². The zero-order valence-corrected chi connectivity index (χ0v) is 20.0. The Morgan fingerprint density at radius 3 is 2.67 bits per heavy atom. The van der Waals surface area contributed by atoms with Crippen molar-refractivity contribution < 1.29 is 9.47 Å². The van der Waals surface area contributed by atoms with E-state index in [9.17, 15) is 0 Å². The lowest BCUT2D eigenvalue weighted by Gasteiger charge is -2.38. The fourth-order valence-corrected chi connectivity index (χ4v) is 4.31. The lowest BCUT2D eigenvalue weighted by molar-refractivity contribution is -0.0174. The summed E-state index contributed by atoms with van der Waals surface area (Å²) in [6, 6.07) is 0.941. The minimum absolute atomic E-state index is 0. The van der Waals surface area contributed by atoms with Crippen molar-refractivity contribution in [2.45, 2.75) is 71.1 Å². The summed E-state index contributed by atoms with van der Waals surface area (Å²) in [4.78, 5) is 6.88. The third-order valence-corrected chi connectivity index (χ3v) is 5.80. The number of hydrogen-bond donors (Lipinski definition) is 2. The first kappa shape index (κ1) is 24.9. The highest BCUT2D eigenvalue weighted by molar-refractivity contribution is 14.0. The monoisotopic (exact) mass is 496 g/mol. The number of ether oxygens (including phenoxy) is 2. The van der Waals surface area contributed by atoms with Crippen molar-refractivity contribution >= 4 is 29.9 Å². The average Bonchev–Trinajstić information content (AvgIpc) is 3.18. The van der Waals surface area contributed by atoms with Crippen LogP contribution in [0.3, 0.4) is 0 Å². The molecule has 2 fully saturated rings. The first-order valence-electron chi connectivity index (χ1n) is 10.5. The van der Waals surface area contributed by atoms with Crippen LogP contribution in [-0.4, -0.2) is 75.5 Å². The second-order valence-corrected chi connectivity index (χ2v) is 7.72. The van der Waals surface area contributed by atoms with Gasteiger partial charge in [-0.25, -0.2) is 0 Å². The molecule has 0 spiro atoms. The SMILES string of the molecule is CCOC(CCNC(=NC)NCC(C)N1CCOCC1C)C1CCCC1.I. The van der Waals surface area contributed by atoms with Crippen molar-refractivity contribution in [3.8, 4) is 0 Å². The van der Waals surface area contributed by atoms with Gasteiger partial charge in [-0.15, -0.1) is 24.0 Å². The highest BCUT2D eigenvalue weighted by Gasteiger charge is 2.25. The number of aliphatic imine (C=N–C) groups is 1. The molecule has 1 heterocycles. The van der Waals surface area contributed by atoms with E-state index in [0.717, 1.165) is 57.8 Å². The van der Waals surface area contributed by atoms with Crippen LogP contribution in [-0.2, 0) is 9.47 Å². The predicted molar refractivity (Wildman–Crippen MR) is 123 cm³/mol. The zero-order chi connectivity index (χ0) is 18.8. The largest absolute Gasteiger partial charge is 0.379 e. The predicted octanol–water partition coefficient (Wildman–Crippen LogP) is 2.86. The summed E-state index contributed by atoms with van der Waals surface area (Å²) in [6.45, 7) is 11.9. The van der Waals surface area contributed by atoms with Crippen molar-refractivity contribution in [3.63, 3.8) is 0 Å². The molecule has 0 radical (unpaired) electrons. The van der Waals surface area contributed by atoms with Crippen LogP contribution in [0.2, 0.25) is 0 Å². The molecule has 0 aromatic heterocycles.